The average Bonchev–Trinajstić information content (AvgIpc) is 2.54. The van der Waals surface area contributed by atoms with E-state index in [4.69, 9.17) is 0 Å². The zero-order valence-electron chi connectivity index (χ0n) is 9.00. The van der Waals surface area contributed by atoms with E-state index in [9.17, 15) is 0 Å². The number of nitrogens with one attached hydrogen (secondary N) is 1. The van der Waals surface area contributed by atoms with E-state index in [1.54, 1.807) is 11.1 Å². The highest BCUT2D eigenvalue weighted by atomic mass is 14.8. The molecule has 1 aliphatic carbocycles. The van der Waals surface area contributed by atoms with E-state index < -0.39 is 0 Å². The summed E-state index contributed by atoms with van der Waals surface area (Å²) in [6.45, 7) is 2.22. The number of allylic oxidation sites excluding steroid dienone is 1. The molecule has 1 atom stereocenters. The second kappa shape index (κ2) is 3.82. The van der Waals surface area contributed by atoms with Crippen LogP contribution in [0.15, 0.2) is 30.3 Å². The first-order valence-corrected chi connectivity index (χ1v) is 5.94. The van der Waals surface area contributed by atoms with Gasteiger partial charge in [-0.05, 0) is 48.4 Å². The summed E-state index contributed by atoms with van der Waals surface area (Å²) in [4.78, 5) is 0. The Morgan fingerprint density at radius 3 is 3.07 bits per heavy atom. The summed E-state index contributed by atoms with van der Waals surface area (Å²) in [5, 5.41) is 3.46. The lowest BCUT2D eigenvalue weighted by Gasteiger charge is -2.26. The Kier molecular flexibility index (Phi) is 2.34. The van der Waals surface area contributed by atoms with Crippen molar-refractivity contribution < 1.29 is 0 Å². The van der Waals surface area contributed by atoms with Crippen LogP contribution >= 0.6 is 0 Å². The van der Waals surface area contributed by atoms with Crippen LogP contribution in [0.2, 0.25) is 0 Å². The average molecular weight is 199 g/mol. The fourth-order valence-corrected chi connectivity index (χ4v) is 2.86. The summed E-state index contributed by atoms with van der Waals surface area (Å²) in [7, 11) is 0. The molecule has 0 saturated carbocycles. The van der Waals surface area contributed by atoms with Gasteiger partial charge in [0.2, 0.25) is 0 Å². The maximum atomic E-state index is 3.46. The highest BCUT2D eigenvalue weighted by Crippen LogP contribution is 2.37. The maximum absolute atomic E-state index is 3.46. The van der Waals surface area contributed by atoms with E-state index in [1.807, 2.05) is 0 Å². The molecule has 1 aromatic rings. The van der Waals surface area contributed by atoms with E-state index >= 15 is 0 Å². The Morgan fingerprint density at radius 1 is 1.13 bits per heavy atom. The fraction of sp³-hybridized carbons (Fsp3) is 0.429. The molecule has 15 heavy (non-hydrogen) atoms. The van der Waals surface area contributed by atoms with Gasteiger partial charge < -0.3 is 5.32 Å². The minimum atomic E-state index is 0.801. The summed E-state index contributed by atoms with van der Waals surface area (Å²) in [5.41, 5.74) is 4.65. The zero-order valence-corrected chi connectivity index (χ0v) is 9.00. The number of aryl methyl sites for hydroxylation is 1. The van der Waals surface area contributed by atoms with Crippen molar-refractivity contribution in [1.29, 1.82) is 0 Å². The third kappa shape index (κ3) is 1.61. The molecule has 0 radical (unpaired) electrons. The molecule has 1 unspecified atom stereocenters. The van der Waals surface area contributed by atoms with Gasteiger partial charge in [0.1, 0.15) is 0 Å². The molecule has 78 valence electrons. The van der Waals surface area contributed by atoms with E-state index in [0.717, 1.165) is 12.5 Å². The molecule has 0 saturated heterocycles. The Labute approximate surface area is 91.2 Å². The van der Waals surface area contributed by atoms with Crippen LogP contribution in [-0.4, -0.2) is 13.1 Å². The van der Waals surface area contributed by atoms with Gasteiger partial charge in [-0.3, -0.25) is 0 Å². The second-order valence-corrected chi connectivity index (χ2v) is 4.55. The molecular weight excluding hydrogens is 182 g/mol. The first kappa shape index (κ1) is 9.17. The predicted molar refractivity (Wildman–Crippen MR) is 63.7 cm³/mol. The highest BCUT2D eigenvalue weighted by molar-refractivity contribution is 5.72. The van der Waals surface area contributed by atoms with Gasteiger partial charge in [-0.2, -0.15) is 0 Å². The quantitative estimate of drug-likeness (QED) is 0.677. The van der Waals surface area contributed by atoms with Crippen molar-refractivity contribution in [3.05, 3.63) is 41.5 Å². The fourth-order valence-electron chi connectivity index (χ4n) is 2.86. The van der Waals surface area contributed by atoms with Crippen LogP contribution < -0.4 is 5.32 Å². The molecule has 3 rings (SSSR count). The van der Waals surface area contributed by atoms with Gasteiger partial charge in [-0.15, -0.1) is 0 Å². The highest BCUT2D eigenvalue weighted by Gasteiger charge is 2.23. The van der Waals surface area contributed by atoms with E-state index in [0.29, 0.717) is 0 Å². The predicted octanol–water partition coefficient (Wildman–Crippen LogP) is 2.63. The maximum Gasteiger partial charge on any atom is 0.0140 e. The number of benzene rings is 1. The Hall–Kier alpha value is -1.08. The zero-order chi connectivity index (χ0) is 10.1. The van der Waals surface area contributed by atoms with Crippen LogP contribution in [0.5, 0.6) is 0 Å². The Morgan fingerprint density at radius 2 is 2.07 bits per heavy atom. The number of rotatable bonds is 0. The van der Waals surface area contributed by atoms with E-state index in [1.165, 1.54) is 31.4 Å². The smallest absolute Gasteiger partial charge is 0.0140 e. The lowest BCUT2D eigenvalue weighted by molar-refractivity contribution is 0.536. The molecule has 0 spiro atoms. The molecule has 0 amide bonds. The normalized spacial score (nSPS) is 24.8. The van der Waals surface area contributed by atoms with Crippen molar-refractivity contribution in [3.8, 4) is 0 Å². The molecule has 0 aromatic heterocycles. The summed E-state index contributed by atoms with van der Waals surface area (Å²) in [6, 6.07) is 8.90. The van der Waals surface area contributed by atoms with Crippen molar-refractivity contribution in [2.24, 2.45) is 5.92 Å². The topological polar surface area (TPSA) is 12.0 Å². The molecular formula is C14H17N. The van der Waals surface area contributed by atoms with Gasteiger partial charge in [-0.1, -0.05) is 30.3 Å². The lowest BCUT2D eigenvalue weighted by atomic mass is 9.78. The minimum Gasteiger partial charge on any atom is -0.313 e. The minimum absolute atomic E-state index is 0.801. The van der Waals surface area contributed by atoms with Crippen LogP contribution in [0.4, 0.5) is 0 Å². The van der Waals surface area contributed by atoms with Gasteiger partial charge in [0.25, 0.3) is 0 Å². The summed E-state index contributed by atoms with van der Waals surface area (Å²) < 4.78 is 0. The standard InChI is InChI=1S/C14H17N/c1-2-4-13-11(3-1)5-6-12-7-9-15-10-8-14(12)13/h1-4,8,12,15H,5-7,9-10H2. The first-order chi connectivity index (χ1) is 7.45. The molecule has 2 aliphatic rings. The third-order valence-electron chi connectivity index (χ3n) is 3.67. The molecule has 1 aromatic carbocycles. The van der Waals surface area contributed by atoms with Crippen molar-refractivity contribution in [2.45, 2.75) is 19.3 Å². The monoisotopic (exact) mass is 199 g/mol. The van der Waals surface area contributed by atoms with Crippen LogP contribution in [0.3, 0.4) is 0 Å². The van der Waals surface area contributed by atoms with Crippen LogP contribution in [0, 0.1) is 5.92 Å². The van der Waals surface area contributed by atoms with Crippen LogP contribution in [-0.2, 0) is 6.42 Å². The first-order valence-electron chi connectivity index (χ1n) is 5.94. The van der Waals surface area contributed by atoms with Gasteiger partial charge in [-0.25, -0.2) is 0 Å². The number of fused-ring (bicyclic) bond motifs is 3. The number of hydrogen-bond donors (Lipinski definition) is 1. The van der Waals surface area contributed by atoms with Gasteiger partial charge in [0, 0.05) is 6.54 Å². The molecule has 0 fully saturated rings. The van der Waals surface area contributed by atoms with Crippen molar-refractivity contribution in [2.75, 3.05) is 13.1 Å². The molecule has 1 heteroatoms. The summed E-state index contributed by atoms with van der Waals surface area (Å²) in [5.74, 6) is 0.801. The molecule has 1 aliphatic heterocycles. The van der Waals surface area contributed by atoms with Crippen molar-refractivity contribution in [3.63, 3.8) is 0 Å². The third-order valence-corrected chi connectivity index (χ3v) is 3.67. The van der Waals surface area contributed by atoms with E-state index in [2.05, 4.69) is 35.7 Å². The summed E-state index contributed by atoms with van der Waals surface area (Å²) >= 11 is 0. The second-order valence-electron chi connectivity index (χ2n) is 4.55. The SMILES string of the molecule is C1=C2c3ccccc3CCC2CCNC1. The van der Waals surface area contributed by atoms with Crippen molar-refractivity contribution in [1.82, 2.24) is 5.32 Å². The molecule has 1 nitrogen and oxygen atoms in total. The summed E-state index contributed by atoms with van der Waals surface area (Å²) in [6.07, 6.45) is 6.30. The van der Waals surface area contributed by atoms with Crippen LogP contribution in [0.25, 0.3) is 5.57 Å². The molecule has 1 heterocycles. The van der Waals surface area contributed by atoms with Gasteiger partial charge >= 0.3 is 0 Å². The Bertz CT molecular complexity index is 392. The van der Waals surface area contributed by atoms with Gasteiger partial charge in [0.15, 0.2) is 0 Å². The van der Waals surface area contributed by atoms with Crippen molar-refractivity contribution >= 4 is 5.57 Å². The van der Waals surface area contributed by atoms with Gasteiger partial charge in [0.05, 0.1) is 0 Å². The largest absolute Gasteiger partial charge is 0.313 e. The lowest BCUT2D eigenvalue weighted by Crippen LogP contribution is -2.16. The molecule has 0 bridgehead atoms. The Balaban J connectivity index is 2.06. The van der Waals surface area contributed by atoms with E-state index in [-0.39, 0.29) is 0 Å². The number of hydrogen-bond acceptors (Lipinski definition) is 1. The molecule has 1 N–H and O–H groups in total. The van der Waals surface area contributed by atoms with Crippen LogP contribution in [0.1, 0.15) is 24.0 Å².